The standard InChI is InChI=1S/C23H27N3O4/c1-29-18-8-9-19(21(14-18)30-2)26-22(27)15-20(23(26)28)25-12-10-24(11-13-25)16-17-6-4-3-5-7-17/h3-9,14,20H,10-13,15-16H2,1-2H3. The number of ether oxygens (including phenoxy) is 2. The number of nitrogens with zero attached hydrogens (tertiary/aromatic N) is 3. The van der Waals surface area contributed by atoms with E-state index >= 15 is 0 Å². The Labute approximate surface area is 176 Å². The van der Waals surface area contributed by atoms with Gasteiger partial charge < -0.3 is 9.47 Å². The van der Waals surface area contributed by atoms with Crippen molar-refractivity contribution in [1.29, 1.82) is 0 Å². The number of carbonyl (C=O) groups is 2. The van der Waals surface area contributed by atoms with Gasteiger partial charge >= 0.3 is 0 Å². The second kappa shape index (κ2) is 8.85. The quantitative estimate of drug-likeness (QED) is 0.682. The van der Waals surface area contributed by atoms with Gasteiger partial charge in [-0.2, -0.15) is 0 Å². The monoisotopic (exact) mass is 409 g/mol. The number of amides is 2. The summed E-state index contributed by atoms with van der Waals surface area (Å²) in [4.78, 5) is 31.7. The molecule has 0 bridgehead atoms. The fourth-order valence-electron chi connectivity index (χ4n) is 4.20. The molecule has 2 aliphatic heterocycles. The van der Waals surface area contributed by atoms with Gasteiger partial charge in [-0.1, -0.05) is 30.3 Å². The summed E-state index contributed by atoms with van der Waals surface area (Å²) in [6, 6.07) is 15.1. The van der Waals surface area contributed by atoms with Crippen molar-refractivity contribution in [3.05, 3.63) is 54.1 Å². The highest BCUT2D eigenvalue weighted by molar-refractivity contribution is 6.23. The van der Waals surface area contributed by atoms with E-state index in [-0.39, 0.29) is 18.2 Å². The minimum absolute atomic E-state index is 0.181. The molecule has 2 fully saturated rings. The molecule has 2 aromatic rings. The van der Waals surface area contributed by atoms with Crippen molar-refractivity contribution in [3.63, 3.8) is 0 Å². The van der Waals surface area contributed by atoms with Crippen LogP contribution in [0.4, 0.5) is 5.69 Å². The van der Waals surface area contributed by atoms with Crippen LogP contribution in [0, 0.1) is 0 Å². The fraction of sp³-hybridized carbons (Fsp3) is 0.391. The topological polar surface area (TPSA) is 62.3 Å². The number of methoxy groups -OCH3 is 2. The summed E-state index contributed by atoms with van der Waals surface area (Å²) >= 11 is 0. The van der Waals surface area contributed by atoms with Crippen molar-refractivity contribution < 1.29 is 19.1 Å². The van der Waals surface area contributed by atoms with E-state index in [1.807, 2.05) is 6.07 Å². The van der Waals surface area contributed by atoms with E-state index < -0.39 is 6.04 Å². The molecular weight excluding hydrogens is 382 g/mol. The van der Waals surface area contributed by atoms with Crippen LogP contribution in [0.3, 0.4) is 0 Å². The first-order valence-corrected chi connectivity index (χ1v) is 10.2. The van der Waals surface area contributed by atoms with Crippen molar-refractivity contribution in [2.75, 3.05) is 45.3 Å². The Morgan fingerprint density at radius 2 is 1.67 bits per heavy atom. The Morgan fingerprint density at radius 1 is 0.933 bits per heavy atom. The third kappa shape index (κ3) is 4.04. The Bertz CT molecular complexity index is 910. The van der Waals surface area contributed by atoms with Crippen LogP contribution in [0.25, 0.3) is 0 Å². The Kier molecular flexibility index (Phi) is 6.01. The van der Waals surface area contributed by atoms with E-state index in [9.17, 15) is 9.59 Å². The van der Waals surface area contributed by atoms with Gasteiger partial charge in [-0.25, -0.2) is 4.90 Å². The van der Waals surface area contributed by atoms with Gasteiger partial charge in [-0.05, 0) is 17.7 Å². The van der Waals surface area contributed by atoms with Gasteiger partial charge in [0.15, 0.2) is 0 Å². The maximum atomic E-state index is 13.2. The van der Waals surface area contributed by atoms with Crippen LogP contribution in [0.1, 0.15) is 12.0 Å². The lowest BCUT2D eigenvalue weighted by molar-refractivity contribution is -0.123. The lowest BCUT2D eigenvalue weighted by Crippen LogP contribution is -2.52. The fourth-order valence-corrected chi connectivity index (χ4v) is 4.20. The molecule has 2 aliphatic rings. The Morgan fingerprint density at radius 3 is 2.33 bits per heavy atom. The highest BCUT2D eigenvalue weighted by atomic mass is 16.5. The average Bonchev–Trinajstić information content (AvgIpc) is 3.08. The molecule has 30 heavy (non-hydrogen) atoms. The lowest BCUT2D eigenvalue weighted by atomic mass is 10.1. The molecule has 1 unspecified atom stereocenters. The van der Waals surface area contributed by atoms with E-state index in [4.69, 9.17) is 9.47 Å². The van der Waals surface area contributed by atoms with Crippen LogP contribution in [-0.2, 0) is 16.1 Å². The van der Waals surface area contributed by atoms with E-state index in [0.717, 1.165) is 32.7 Å². The normalized spacial score (nSPS) is 20.6. The molecule has 2 aromatic carbocycles. The number of carbonyl (C=O) groups excluding carboxylic acids is 2. The van der Waals surface area contributed by atoms with E-state index in [0.29, 0.717) is 17.2 Å². The molecule has 4 rings (SSSR count). The molecule has 0 radical (unpaired) electrons. The summed E-state index contributed by atoms with van der Waals surface area (Å²) in [6.07, 6.45) is 0.201. The zero-order valence-corrected chi connectivity index (χ0v) is 17.4. The van der Waals surface area contributed by atoms with Crippen LogP contribution >= 0.6 is 0 Å². The molecule has 158 valence electrons. The zero-order valence-electron chi connectivity index (χ0n) is 17.4. The minimum Gasteiger partial charge on any atom is -0.497 e. The maximum absolute atomic E-state index is 13.2. The summed E-state index contributed by atoms with van der Waals surface area (Å²) in [7, 11) is 3.08. The van der Waals surface area contributed by atoms with Crippen LogP contribution in [0.5, 0.6) is 11.5 Å². The molecule has 2 amide bonds. The molecule has 2 heterocycles. The molecule has 0 spiro atoms. The summed E-state index contributed by atoms with van der Waals surface area (Å²) in [5.41, 5.74) is 1.76. The maximum Gasteiger partial charge on any atom is 0.251 e. The summed E-state index contributed by atoms with van der Waals surface area (Å²) in [6.45, 7) is 4.19. The third-order valence-corrected chi connectivity index (χ3v) is 5.85. The number of benzene rings is 2. The third-order valence-electron chi connectivity index (χ3n) is 5.85. The van der Waals surface area contributed by atoms with Gasteiger partial charge in [0, 0.05) is 38.8 Å². The summed E-state index contributed by atoms with van der Waals surface area (Å²) in [5.74, 6) is 0.685. The SMILES string of the molecule is COc1ccc(N2C(=O)CC(N3CCN(Cc4ccccc4)CC3)C2=O)c(OC)c1. The molecule has 7 heteroatoms. The Hall–Kier alpha value is -2.90. The van der Waals surface area contributed by atoms with E-state index in [1.165, 1.54) is 17.6 Å². The van der Waals surface area contributed by atoms with Gasteiger partial charge in [0.1, 0.15) is 11.5 Å². The lowest BCUT2D eigenvalue weighted by Gasteiger charge is -2.37. The minimum atomic E-state index is -0.414. The second-order valence-electron chi connectivity index (χ2n) is 7.62. The van der Waals surface area contributed by atoms with Gasteiger partial charge in [0.25, 0.3) is 5.91 Å². The van der Waals surface area contributed by atoms with Crippen LogP contribution < -0.4 is 14.4 Å². The predicted octanol–water partition coefficient (Wildman–Crippen LogP) is 2.15. The van der Waals surface area contributed by atoms with Gasteiger partial charge in [0.2, 0.25) is 5.91 Å². The number of piperazine rings is 1. The van der Waals surface area contributed by atoms with Crippen LogP contribution in [0.15, 0.2) is 48.5 Å². The molecule has 0 aliphatic carbocycles. The van der Waals surface area contributed by atoms with Crippen molar-refractivity contribution in [2.24, 2.45) is 0 Å². The Balaban J connectivity index is 1.42. The molecule has 7 nitrogen and oxygen atoms in total. The van der Waals surface area contributed by atoms with Crippen molar-refractivity contribution in [3.8, 4) is 11.5 Å². The molecule has 0 saturated carbocycles. The number of imide groups is 1. The summed E-state index contributed by atoms with van der Waals surface area (Å²) in [5, 5.41) is 0. The number of rotatable bonds is 6. The van der Waals surface area contributed by atoms with E-state index in [2.05, 4.69) is 34.1 Å². The molecule has 0 N–H and O–H groups in total. The average molecular weight is 409 g/mol. The van der Waals surface area contributed by atoms with Gasteiger partial charge in [-0.15, -0.1) is 0 Å². The first-order valence-electron chi connectivity index (χ1n) is 10.2. The molecule has 1 atom stereocenters. The zero-order chi connectivity index (χ0) is 21.1. The first kappa shape index (κ1) is 20.4. The van der Waals surface area contributed by atoms with Crippen molar-refractivity contribution in [1.82, 2.24) is 9.80 Å². The van der Waals surface area contributed by atoms with Crippen LogP contribution in [-0.4, -0.2) is 68.1 Å². The molecule has 2 saturated heterocycles. The summed E-state index contributed by atoms with van der Waals surface area (Å²) < 4.78 is 10.6. The van der Waals surface area contributed by atoms with Gasteiger partial charge in [-0.3, -0.25) is 19.4 Å². The van der Waals surface area contributed by atoms with E-state index in [1.54, 1.807) is 25.3 Å². The number of hydrogen-bond donors (Lipinski definition) is 0. The molecular formula is C23H27N3O4. The second-order valence-corrected chi connectivity index (χ2v) is 7.62. The van der Waals surface area contributed by atoms with Crippen LogP contribution in [0.2, 0.25) is 0 Å². The van der Waals surface area contributed by atoms with Gasteiger partial charge in [0.05, 0.1) is 32.4 Å². The molecule has 0 aromatic heterocycles. The largest absolute Gasteiger partial charge is 0.497 e. The van der Waals surface area contributed by atoms with Crippen molar-refractivity contribution >= 4 is 17.5 Å². The van der Waals surface area contributed by atoms with Crippen molar-refractivity contribution in [2.45, 2.75) is 19.0 Å². The highest BCUT2D eigenvalue weighted by Crippen LogP contribution is 2.36. The smallest absolute Gasteiger partial charge is 0.251 e. The number of anilines is 1. The first-order chi connectivity index (χ1) is 14.6. The predicted molar refractivity (Wildman–Crippen MR) is 114 cm³/mol. The number of hydrogen-bond acceptors (Lipinski definition) is 6. The highest BCUT2D eigenvalue weighted by Gasteiger charge is 2.44.